The van der Waals surface area contributed by atoms with E-state index < -0.39 is 0 Å². The minimum absolute atomic E-state index is 0.152. The third-order valence-electron chi connectivity index (χ3n) is 3.80. The molecular formula is C16H22FNO2S. The van der Waals surface area contributed by atoms with Crippen LogP contribution in [-0.2, 0) is 4.79 Å². The van der Waals surface area contributed by atoms with E-state index in [1.165, 1.54) is 17.8 Å². The van der Waals surface area contributed by atoms with Crippen LogP contribution in [0.1, 0.15) is 32.1 Å². The molecule has 1 aromatic carbocycles. The number of likely N-dealkylation sites (tertiary alicyclic amines) is 1. The number of hydrogen-bond donors (Lipinski definition) is 1. The highest BCUT2D eigenvalue weighted by Crippen LogP contribution is 2.25. The number of aliphatic hydroxyl groups is 1. The number of carbonyl (C=O) groups excluding carboxylic acids is 1. The number of carbonyl (C=O) groups is 1. The second kappa shape index (κ2) is 8.39. The quantitative estimate of drug-likeness (QED) is 0.787. The van der Waals surface area contributed by atoms with Gasteiger partial charge >= 0.3 is 0 Å². The average molecular weight is 311 g/mol. The standard InChI is InChI=1S/C16H22FNO2S/c17-14-7-1-2-8-15(14)21-12-9-16(20)18-10-3-5-13(18)6-4-11-19/h1-2,7-8,13,19H,3-6,9-12H2. The van der Waals surface area contributed by atoms with Crippen LogP contribution in [0.5, 0.6) is 0 Å². The van der Waals surface area contributed by atoms with E-state index in [-0.39, 0.29) is 24.4 Å². The van der Waals surface area contributed by atoms with Crippen molar-refractivity contribution in [1.29, 1.82) is 0 Å². The molecule has 1 amide bonds. The van der Waals surface area contributed by atoms with Gasteiger partial charge in [-0.15, -0.1) is 11.8 Å². The Balaban J connectivity index is 1.77. The van der Waals surface area contributed by atoms with E-state index in [2.05, 4.69) is 0 Å². The van der Waals surface area contributed by atoms with Crippen LogP contribution in [-0.4, -0.2) is 40.9 Å². The second-order valence-corrected chi connectivity index (χ2v) is 6.41. The molecule has 0 aromatic heterocycles. The summed E-state index contributed by atoms with van der Waals surface area (Å²) in [5, 5.41) is 8.90. The van der Waals surface area contributed by atoms with Gasteiger partial charge in [0.25, 0.3) is 0 Å². The first-order chi connectivity index (χ1) is 10.2. The Morgan fingerprint density at radius 3 is 3.00 bits per heavy atom. The maximum atomic E-state index is 13.5. The van der Waals surface area contributed by atoms with Gasteiger partial charge in [0.05, 0.1) is 0 Å². The highest BCUT2D eigenvalue weighted by molar-refractivity contribution is 7.99. The predicted molar refractivity (Wildman–Crippen MR) is 82.8 cm³/mol. The molecule has 116 valence electrons. The Morgan fingerprint density at radius 1 is 1.43 bits per heavy atom. The molecule has 0 saturated carbocycles. The molecular weight excluding hydrogens is 289 g/mol. The molecule has 1 saturated heterocycles. The van der Waals surface area contributed by atoms with Crippen molar-refractivity contribution < 1.29 is 14.3 Å². The average Bonchev–Trinajstić information content (AvgIpc) is 2.95. The lowest BCUT2D eigenvalue weighted by atomic mass is 10.1. The Kier molecular flexibility index (Phi) is 6.51. The summed E-state index contributed by atoms with van der Waals surface area (Å²) >= 11 is 1.39. The predicted octanol–water partition coefficient (Wildman–Crippen LogP) is 3.07. The number of thioether (sulfide) groups is 1. The molecule has 0 spiro atoms. The molecule has 0 radical (unpaired) electrons. The van der Waals surface area contributed by atoms with Crippen LogP contribution in [0.4, 0.5) is 4.39 Å². The molecule has 1 atom stereocenters. The molecule has 1 heterocycles. The van der Waals surface area contributed by atoms with Gasteiger partial charge in [-0.2, -0.15) is 0 Å². The van der Waals surface area contributed by atoms with Gasteiger partial charge in [0.1, 0.15) is 5.82 Å². The van der Waals surface area contributed by atoms with Crippen LogP contribution >= 0.6 is 11.8 Å². The summed E-state index contributed by atoms with van der Waals surface area (Å²) in [4.78, 5) is 14.8. The number of rotatable bonds is 7. The lowest BCUT2D eigenvalue weighted by Gasteiger charge is -2.24. The van der Waals surface area contributed by atoms with E-state index in [0.29, 0.717) is 17.1 Å². The van der Waals surface area contributed by atoms with Gasteiger partial charge in [-0.25, -0.2) is 4.39 Å². The highest BCUT2D eigenvalue weighted by Gasteiger charge is 2.27. The van der Waals surface area contributed by atoms with E-state index in [0.717, 1.165) is 32.2 Å². The topological polar surface area (TPSA) is 40.5 Å². The molecule has 1 aliphatic rings. The number of hydrogen-bond acceptors (Lipinski definition) is 3. The lowest BCUT2D eigenvalue weighted by Crippen LogP contribution is -2.35. The summed E-state index contributed by atoms with van der Waals surface area (Å²) in [5.74, 6) is 0.527. The summed E-state index contributed by atoms with van der Waals surface area (Å²) in [6.45, 7) is 1.00. The van der Waals surface area contributed by atoms with Gasteiger partial charge < -0.3 is 10.0 Å². The highest BCUT2D eigenvalue weighted by atomic mass is 32.2. The summed E-state index contributed by atoms with van der Waals surface area (Å²) in [7, 11) is 0. The third kappa shape index (κ3) is 4.71. The van der Waals surface area contributed by atoms with E-state index in [4.69, 9.17) is 5.11 Å². The zero-order valence-corrected chi connectivity index (χ0v) is 12.9. The van der Waals surface area contributed by atoms with Crippen molar-refractivity contribution in [3.05, 3.63) is 30.1 Å². The van der Waals surface area contributed by atoms with E-state index >= 15 is 0 Å². The largest absolute Gasteiger partial charge is 0.396 e. The summed E-state index contributed by atoms with van der Waals surface area (Å²) in [5.41, 5.74) is 0. The van der Waals surface area contributed by atoms with Crippen molar-refractivity contribution in [1.82, 2.24) is 4.90 Å². The Morgan fingerprint density at radius 2 is 2.24 bits per heavy atom. The van der Waals surface area contributed by atoms with Crippen molar-refractivity contribution in [3.8, 4) is 0 Å². The number of halogens is 1. The number of nitrogens with zero attached hydrogens (tertiary/aromatic N) is 1. The van der Waals surface area contributed by atoms with Crippen molar-refractivity contribution in [2.45, 2.75) is 43.0 Å². The van der Waals surface area contributed by atoms with Crippen LogP contribution in [0.25, 0.3) is 0 Å². The Hall–Kier alpha value is -1.07. The summed E-state index contributed by atoms with van der Waals surface area (Å²) in [6, 6.07) is 6.93. The zero-order valence-electron chi connectivity index (χ0n) is 12.1. The molecule has 1 aliphatic heterocycles. The lowest BCUT2D eigenvalue weighted by molar-refractivity contribution is -0.131. The van der Waals surface area contributed by atoms with Crippen LogP contribution in [0.2, 0.25) is 0 Å². The van der Waals surface area contributed by atoms with Crippen molar-refractivity contribution in [3.63, 3.8) is 0 Å². The molecule has 21 heavy (non-hydrogen) atoms. The molecule has 1 fully saturated rings. The Bertz CT molecular complexity index is 469. The van der Waals surface area contributed by atoms with Crippen molar-refractivity contribution >= 4 is 17.7 Å². The van der Waals surface area contributed by atoms with Crippen LogP contribution in [0.15, 0.2) is 29.2 Å². The first kappa shape index (κ1) is 16.3. The monoisotopic (exact) mass is 311 g/mol. The first-order valence-corrected chi connectivity index (χ1v) is 8.48. The van der Waals surface area contributed by atoms with E-state index in [1.807, 2.05) is 4.90 Å². The molecule has 0 bridgehead atoms. The number of amides is 1. The first-order valence-electron chi connectivity index (χ1n) is 7.50. The maximum Gasteiger partial charge on any atom is 0.223 e. The third-order valence-corrected chi connectivity index (χ3v) is 4.85. The number of benzene rings is 1. The molecule has 1 unspecified atom stereocenters. The van der Waals surface area contributed by atoms with Gasteiger partial charge in [0.2, 0.25) is 5.91 Å². The van der Waals surface area contributed by atoms with Gasteiger partial charge in [0.15, 0.2) is 0 Å². The minimum Gasteiger partial charge on any atom is -0.396 e. The fourth-order valence-corrected chi connectivity index (χ4v) is 3.62. The fourth-order valence-electron chi connectivity index (χ4n) is 2.74. The zero-order chi connectivity index (χ0) is 15.1. The van der Waals surface area contributed by atoms with Gasteiger partial charge in [-0.05, 0) is 37.8 Å². The fraction of sp³-hybridized carbons (Fsp3) is 0.562. The molecule has 0 aliphatic carbocycles. The van der Waals surface area contributed by atoms with Crippen LogP contribution < -0.4 is 0 Å². The van der Waals surface area contributed by atoms with Crippen LogP contribution in [0, 0.1) is 5.82 Å². The maximum absolute atomic E-state index is 13.5. The second-order valence-electron chi connectivity index (χ2n) is 5.28. The molecule has 1 N–H and O–H groups in total. The summed E-state index contributed by atoms with van der Waals surface area (Å²) in [6.07, 6.45) is 4.14. The molecule has 5 heteroatoms. The SMILES string of the molecule is O=C(CCSc1ccccc1F)N1CCCC1CCCO. The minimum atomic E-state index is -0.225. The normalized spacial score (nSPS) is 18.2. The van der Waals surface area contributed by atoms with E-state index in [1.54, 1.807) is 18.2 Å². The molecule has 1 aromatic rings. The molecule has 3 nitrogen and oxygen atoms in total. The van der Waals surface area contributed by atoms with E-state index in [9.17, 15) is 9.18 Å². The van der Waals surface area contributed by atoms with Gasteiger partial charge in [-0.1, -0.05) is 12.1 Å². The van der Waals surface area contributed by atoms with Gasteiger partial charge in [-0.3, -0.25) is 4.79 Å². The summed E-state index contributed by atoms with van der Waals surface area (Å²) < 4.78 is 13.5. The molecule has 2 rings (SSSR count). The van der Waals surface area contributed by atoms with Crippen molar-refractivity contribution in [2.75, 3.05) is 18.9 Å². The Labute approximate surface area is 129 Å². The van der Waals surface area contributed by atoms with Crippen molar-refractivity contribution in [2.24, 2.45) is 0 Å². The van der Waals surface area contributed by atoms with Crippen LogP contribution in [0.3, 0.4) is 0 Å². The smallest absolute Gasteiger partial charge is 0.223 e. The number of aliphatic hydroxyl groups excluding tert-OH is 1. The van der Waals surface area contributed by atoms with Gasteiger partial charge in [0, 0.05) is 36.3 Å².